The molecule has 0 aliphatic carbocycles. The zero-order valence-corrected chi connectivity index (χ0v) is 22.4. The molecule has 0 atom stereocenters. The molecule has 0 amide bonds. The van der Waals surface area contributed by atoms with Crippen LogP contribution in [-0.4, -0.2) is 23.2 Å². The second kappa shape index (κ2) is 10.5. The van der Waals surface area contributed by atoms with E-state index >= 15 is 0 Å². The number of thioether (sulfide) groups is 1. The van der Waals surface area contributed by atoms with Gasteiger partial charge in [0.05, 0.1) is 17.1 Å². The number of hydrogen-bond acceptors (Lipinski definition) is 5. The molecule has 0 spiro atoms. The second-order valence-corrected chi connectivity index (χ2v) is 11.6. The molecule has 3 aromatic carbocycles. The van der Waals surface area contributed by atoms with Crippen LogP contribution in [0.5, 0.6) is 0 Å². The third kappa shape index (κ3) is 5.78. The molecule has 9 heteroatoms. The van der Waals surface area contributed by atoms with Crippen molar-refractivity contribution in [1.82, 2.24) is 19.5 Å². The van der Waals surface area contributed by atoms with Crippen LogP contribution >= 0.6 is 23.4 Å². The number of benzene rings is 3. The summed E-state index contributed by atoms with van der Waals surface area (Å²) in [5.41, 5.74) is 5.39. The second-order valence-electron chi connectivity index (χ2n) is 8.49. The fourth-order valence-corrected chi connectivity index (χ4v) is 6.63. The molecular formula is C26H27ClN4O2S2. The van der Waals surface area contributed by atoms with Crippen molar-refractivity contribution >= 4 is 33.4 Å². The van der Waals surface area contributed by atoms with Crippen molar-refractivity contribution in [1.29, 1.82) is 0 Å². The van der Waals surface area contributed by atoms with E-state index in [-0.39, 0.29) is 6.54 Å². The maximum atomic E-state index is 13.2. The minimum Gasteiger partial charge on any atom is -0.273 e. The topological polar surface area (TPSA) is 76.9 Å². The van der Waals surface area contributed by atoms with E-state index in [0.29, 0.717) is 37.8 Å². The molecule has 6 nitrogen and oxygen atoms in total. The van der Waals surface area contributed by atoms with Crippen LogP contribution < -0.4 is 4.72 Å². The quantitative estimate of drug-likeness (QED) is 0.288. The number of hydrogen-bond donors (Lipinski definition) is 1. The van der Waals surface area contributed by atoms with Crippen LogP contribution in [0.3, 0.4) is 0 Å². The molecule has 1 aromatic heterocycles. The van der Waals surface area contributed by atoms with Crippen LogP contribution in [0.4, 0.5) is 0 Å². The van der Waals surface area contributed by atoms with E-state index in [1.165, 1.54) is 11.8 Å². The van der Waals surface area contributed by atoms with Gasteiger partial charge in [-0.25, -0.2) is 13.1 Å². The van der Waals surface area contributed by atoms with Crippen LogP contribution in [0, 0.1) is 27.7 Å². The van der Waals surface area contributed by atoms with E-state index in [1.807, 2.05) is 80.8 Å². The first-order chi connectivity index (χ1) is 16.7. The predicted molar refractivity (Wildman–Crippen MR) is 142 cm³/mol. The van der Waals surface area contributed by atoms with Crippen molar-refractivity contribution in [2.24, 2.45) is 0 Å². The average Bonchev–Trinajstić information content (AvgIpc) is 3.20. The Balaban J connectivity index is 1.68. The highest BCUT2D eigenvalue weighted by atomic mass is 35.5. The lowest BCUT2D eigenvalue weighted by atomic mass is 10.1. The lowest BCUT2D eigenvalue weighted by Gasteiger charge is -2.15. The number of rotatable bonds is 8. The first-order valence-corrected chi connectivity index (χ1v) is 14.0. The lowest BCUT2D eigenvalue weighted by molar-refractivity contribution is 0.577. The SMILES string of the molecule is Cc1cc(C)c(S(=O)(=O)NCc2nnc(SCc3ccccc3)n2-c2cc(Cl)ccc2C)c(C)c1. The van der Waals surface area contributed by atoms with Crippen LogP contribution in [0.1, 0.15) is 33.6 Å². The third-order valence-electron chi connectivity index (χ3n) is 5.62. The number of halogens is 1. The van der Waals surface area contributed by atoms with Crippen molar-refractivity contribution in [3.63, 3.8) is 0 Å². The summed E-state index contributed by atoms with van der Waals surface area (Å²) in [6, 6.07) is 19.4. The molecule has 4 aromatic rings. The van der Waals surface area contributed by atoms with Gasteiger partial charge in [0, 0.05) is 10.8 Å². The smallest absolute Gasteiger partial charge is 0.241 e. The number of nitrogens with one attached hydrogen (secondary N) is 1. The van der Waals surface area contributed by atoms with E-state index < -0.39 is 10.0 Å². The van der Waals surface area contributed by atoms with Gasteiger partial charge >= 0.3 is 0 Å². The molecule has 4 rings (SSSR count). The standard InChI is InChI=1S/C26H27ClN4O2S2/c1-17-12-19(3)25(20(4)13-17)35(32,33)28-15-24-29-30-26(34-16-21-8-6-5-7-9-21)31(24)23-14-22(27)11-10-18(23)2/h5-14,28H,15-16H2,1-4H3. The number of aromatic nitrogens is 3. The van der Waals surface area contributed by atoms with E-state index in [0.717, 1.165) is 22.4 Å². The zero-order chi connectivity index (χ0) is 25.2. The minimum atomic E-state index is -3.76. The predicted octanol–water partition coefficient (Wildman–Crippen LogP) is 5.93. The van der Waals surface area contributed by atoms with Crippen LogP contribution in [-0.2, 0) is 22.3 Å². The summed E-state index contributed by atoms with van der Waals surface area (Å²) in [4.78, 5) is 0.298. The van der Waals surface area contributed by atoms with Crippen molar-refractivity contribution < 1.29 is 8.42 Å². The molecule has 0 aliphatic rings. The van der Waals surface area contributed by atoms with Gasteiger partial charge in [0.25, 0.3) is 0 Å². The molecule has 0 aliphatic heterocycles. The Morgan fingerprint density at radius 2 is 1.60 bits per heavy atom. The minimum absolute atomic E-state index is 0.0139. The molecule has 1 heterocycles. The van der Waals surface area contributed by atoms with E-state index in [2.05, 4.69) is 27.1 Å². The average molecular weight is 527 g/mol. The van der Waals surface area contributed by atoms with Gasteiger partial charge in [-0.15, -0.1) is 10.2 Å². The highest BCUT2D eigenvalue weighted by molar-refractivity contribution is 7.98. The lowest BCUT2D eigenvalue weighted by Crippen LogP contribution is -2.26. The van der Waals surface area contributed by atoms with E-state index in [1.54, 1.807) is 0 Å². The van der Waals surface area contributed by atoms with E-state index in [4.69, 9.17) is 11.6 Å². The highest BCUT2D eigenvalue weighted by Crippen LogP contribution is 2.29. The maximum Gasteiger partial charge on any atom is 0.241 e. The Kier molecular flexibility index (Phi) is 7.66. The summed E-state index contributed by atoms with van der Waals surface area (Å²) in [5, 5.41) is 9.99. The maximum absolute atomic E-state index is 13.2. The van der Waals surface area contributed by atoms with Crippen LogP contribution in [0.2, 0.25) is 5.02 Å². The van der Waals surface area contributed by atoms with Crippen molar-refractivity contribution in [3.8, 4) is 5.69 Å². The molecule has 0 fully saturated rings. The first kappa shape index (κ1) is 25.4. The molecule has 182 valence electrons. The summed E-state index contributed by atoms with van der Waals surface area (Å²) in [5.74, 6) is 1.18. The fraction of sp³-hybridized carbons (Fsp3) is 0.231. The highest BCUT2D eigenvalue weighted by Gasteiger charge is 2.23. The van der Waals surface area contributed by atoms with Gasteiger partial charge in [0.2, 0.25) is 10.0 Å². The number of aryl methyl sites for hydroxylation is 4. The van der Waals surface area contributed by atoms with Gasteiger partial charge < -0.3 is 0 Å². The van der Waals surface area contributed by atoms with Gasteiger partial charge in [-0.2, -0.15) is 0 Å². The fourth-order valence-electron chi connectivity index (χ4n) is 4.12. The molecular weight excluding hydrogens is 500 g/mol. The number of sulfonamides is 1. The van der Waals surface area contributed by atoms with Crippen molar-refractivity contribution in [3.05, 3.63) is 99.3 Å². The Morgan fingerprint density at radius 1 is 0.914 bits per heavy atom. The van der Waals surface area contributed by atoms with Crippen molar-refractivity contribution in [2.75, 3.05) is 0 Å². The molecule has 0 saturated carbocycles. The van der Waals surface area contributed by atoms with Gasteiger partial charge in [-0.3, -0.25) is 4.57 Å². The molecule has 0 unspecified atom stereocenters. The molecule has 1 N–H and O–H groups in total. The van der Waals surface area contributed by atoms with Crippen molar-refractivity contribution in [2.45, 2.75) is 50.0 Å². The zero-order valence-electron chi connectivity index (χ0n) is 20.0. The van der Waals surface area contributed by atoms with Gasteiger partial charge in [-0.1, -0.05) is 77.5 Å². The summed E-state index contributed by atoms with van der Waals surface area (Å²) < 4.78 is 31.1. The Hall–Kier alpha value is -2.65. The normalized spacial score (nSPS) is 11.7. The largest absolute Gasteiger partial charge is 0.273 e. The summed E-state index contributed by atoms with van der Waals surface area (Å²) in [6.07, 6.45) is 0. The van der Waals surface area contributed by atoms with Gasteiger partial charge in [0.15, 0.2) is 11.0 Å². The van der Waals surface area contributed by atoms with Gasteiger partial charge in [-0.05, 0) is 62.1 Å². The Morgan fingerprint density at radius 3 is 2.29 bits per heavy atom. The Bertz CT molecular complexity index is 1450. The molecule has 35 heavy (non-hydrogen) atoms. The van der Waals surface area contributed by atoms with E-state index in [9.17, 15) is 8.42 Å². The van der Waals surface area contributed by atoms with Crippen LogP contribution in [0.25, 0.3) is 5.69 Å². The third-order valence-corrected chi connectivity index (χ3v) is 8.56. The summed E-state index contributed by atoms with van der Waals surface area (Å²) in [6.45, 7) is 7.54. The van der Waals surface area contributed by atoms with Crippen LogP contribution in [0.15, 0.2) is 70.7 Å². The first-order valence-electron chi connectivity index (χ1n) is 11.1. The number of nitrogens with zero attached hydrogens (tertiary/aromatic N) is 3. The molecule has 0 saturated heterocycles. The molecule has 0 bridgehead atoms. The summed E-state index contributed by atoms with van der Waals surface area (Å²) >= 11 is 7.85. The van der Waals surface area contributed by atoms with Gasteiger partial charge in [0.1, 0.15) is 0 Å². The summed E-state index contributed by atoms with van der Waals surface area (Å²) in [7, 11) is -3.76. The molecule has 0 radical (unpaired) electrons. The Labute approximate surface area is 215 Å². The monoisotopic (exact) mass is 526 g/mol.